The monoisotopic (exact) mass is 259 g/mol. The standard InChI is InChI=1S/C18H29N/c1-5-15-6-7-18(19-4)17(11-15)12-16-9-13(2)8-14(3)10-16/h8-10,15,17-19H,5-7,11-12H2,1-4H3. The summed E-state index contributed by atoms with van der Waals surface area (Å²) in [7, 11) is 2.13. The van der Waals surface area contributed by atoms with Crippen LogP contribution in [0.2, 0.25) is 0 Å². The van der Waals surface area contributed by atoms with Gasteiger partial charge in [-0.1, -0.05) is 42.7 Å². The Bertz CT molecular complexity index is 390. The van der Waals surface area contributed by atoms with Gasteiger partial charge in [-0.05, 0) is 64.0 Å². The van der Waals surface area contributed by atoms with Crippen molar-refractivity contribution in [3.63, 3.8) is 0 Å². The fraction of sp³-hybridized carbons (Fsp3) is 0.667. The van der Waals surface area contributed by atoms with Crippen molar-refractivity contribution in [2.75, 3.05) is 7.05 Å². The predicted octanol–water partition coefficient (Wildman–Crippen LogP) is 4.26. The maximum atomic E-state index is 3.55. The van der Waals surface area contributed by atoms with E-state index in [2.05, 4.69) is 51.3 Å². The molecule has 1 N–H and O–H groups in total. The van der Waals surface area contributed by atoms with Crippen LogP contribution in [-0.4, -0.2) is 13.1 Å². The first-order valence-corrected chi connectivity index (χ1v) is 7.86. The van der Waals surface area contributed by atoms with Crippen LogP contribution in [0.5, 0.6) is 0 Å². The zero-order chi connectivity index (χ0) is 13.8. The van der Waals surface area contributed by atoms with Gasteiger partial charge in [-0.2, -0.15) is 0 Å². The zero-order valence-corrected chi connectivity index (χ0v) is 13.0. The summed E-state index contributed by atoms with van der Waals surface area (Å²) in [5.41, 5.74) is 4.33. The summed E-state index contributed by atoms with van der Waals surface area (Å²) in [6, 6.07) is 7.72. The first-order chi connectivity index (χ1) is 9.12. The first kappa shape index (κ1) is 14.6. The second-order valence-corrected chi connectivity index (χ2v) is 6.44. The molecule has 0 amide bonds. The van der Waals surface area contributed by atoms with Crippen molar-refractivity contribution in [1.82, 2.24) is 5.32 Å². The molecule has 106 valence electrons. The topological polar surface area (TPSA) is 12.0 Å². The SMILES string of the molecule is CCC1CCC(NC)C(Cc2cc(C)cc(C)c2)C1. The molecule has 1 heteroatoms. The quantitative estimate of drug-likeness (QED) is 0.852. The Labute approximate surface area is 118 Å². The maximum absolute atomic E-state index is 3.55. The molecule has 0 aromatic heterocycles. The second kappa shape index (κ2) is 6.56. The van der Waals surface area contributed by atoms with E-state index in [4.69, 9.17) is 0 Å². The number of aryl methyl sites for hydroxylation is 2. The van der Waals surface area contributed by atoms with Crippen LogP contribution < -0.4 is 5.32 Å². The fourth-order valence-electron chi connectivity index (χ4n) is 3.83. The summed E-state index contributed by atoms with van der Waals surface area (Å²) in [6.07, 6.45) is 6.75. The van der Waals surface area contributed by atoms with E-state index in [1.54, 1.807) is 0 Å². The van der Waals surface area contributed by atoms with E-state index >= 15 is 0 Å². The van der Waals surface area contributed by atoms with E-state index in [-0.39, 0.29) is 0 Å². The lowest BCUT2D eigenvalue weighted by Gasteiger charge is -2.36. The van der Waals surface area contributed by atoms with Gasteiger partial charge in [0.1, 0.15) is 0 Å². The first-order valence-electron chi connectivity index (χ1n) is 7.86. The third kappa shape index (κ3) is 3.82. The minimum absolute atomic E-state index is 0.712. The van der Waals surface area contributed by atoms with Crippen LogP contribution in [0.3, 0.4) is 0 Å². The van der Waals surface area contributed by atoms with E-state index in [0.717, 1.165) is 11.8 Å². The third-order valence-electron chi connectivity index (χ3n) is 4.82. The molecule has 1 aromatic carbocycles. The van der Waals surface area contributed by atoms with Crippen LogP contribution in [0.4, 0.5) is 0 Å². The highest BCUT2D eigenvalue weighted by Gasteiger charge is 2.28. The van der Waals surface area contributed by atoms with Gasteiger partial charge in [0.25, 0.3) is 0 Å². The third-order valence-corrected chi connectivity index (χ3v) is 4.82. The molecule has 0 saturated heterocycles. The number of rotatable bonds is 4. The van der Waals surface area contributed by atoms with Crippen molar-refractivity contribution in [2.24, 2.45) is 11.8 Å². The summed E-state index contributed by atoms with van der Waals surface area (Å²) < 4.78 is 0. The average Bonchev–Trinajstić information content (AvgIpc) is 2.37. The van der Waals surface area contributed by atoms with Crippen LogP contribution >= 0.6 is 0 Å². The summed E-state index contributed by atoms with van der Waals surface area (Å²) in [5, 5.41) is 3.55. The largest absolute Gasteiger partial charge is 0.317 e. The van der Waals surface area contributed by atoms with Gasteiger partial charge in [0.2, 0.25) is 0 Å². The van der Waals surface area contributed by atoms with Gasteiger partial charge in [-0.25, -0.2) is 0 Å². The predicted molar refractivity (Wildman–Crippen MR) is 83.6 cm³/mol. The highest BCUT2D eigenvalue weighted by Crippen LogP contribution is 2.33. The Morgan fingerprint density at radius 2 is 1.79 bits per heavy atom. The number of hydrogen-bond donors (Lipinski definition) is 1. The van der Waals surface area contributed by atoms with Gasteiger partial charge >= 0.3 is 0 Å². The molecule has 3 atom stereocenters. The highest BCUT2D eigenvalue weighted by molar-refractivity contribution is 5.29. The van der Waals surface area contributed by atoms with E-state index in [1.165, 1.54) is 48.8 Å². The molecular weight excluding hydrogens is 230 g/mol. The normalized spacial score (nSPS) is 27.5. The Morgan fingerprint density at radius 1 is 1.11 bits per heavy atom. The van der Waals surface area contributed by atoms with E-state index in [9.17, 15) is 0 Å². The second-order valence-electron chi connectivity index (χ2n) is 6.44. The Morgan fingerprint density at radius 3 is 2.37 bits per heavy atom. The number of nitrogens with one attached hydrogen (secondary N) is 1. The average molecular weight is 259 g/mol. The molecule has 3 unspecified atom stereocenters. The zero-order valence-electron chi connectivity index (χ0n) is 13.0. The molecule has 0 aliphatic heterocycles. The molecule has 1 saturated carbocycles. The van der Waals surface area contributed by atoms with Crippen molar-refractivity contribution < 1.29 is 0 Å². The maximum Gasteiger partial charge on any atom is 0.00957 e. The van der Waals surface area contributed by atoms with E-state index in [1.807, 2.05) is 0 Å². The summed E-state index contributed by atoms with van der Waals surface area (Å²) in [5.74, 6) is 1.76. The molecule has 2 rings (SSSR count). The molecule has 1 nitrogen and oxygen atoms in total. The molecular formula is C18H29N. The molecule has 1 aromatic rings. The lowest BCUT2D eigenvalue weighted by molar-refractivity contribution is 0.205. The molecule has 1 aliphatic rings. The molecule has 0 radical (unpaired) electrons. The van der Waals surface area contributed by atoms with Crippen molar-refractivity contribution in [2.45, 2.75) is 58.9 Å². The van der Waals surface area contributed by atoms with Gasteiger partial charge in [0.15, 0.2) is 0 Å². The minimum Gasteiger partial charge on any atom is -0.317 e. The number of hydrogen-bond acceptors (Lipinski definition) is 1. The van der Waals surface area contributed by atoms with E-state index < -0.39 is 0 Å². The van der Waals surface area contributed by atoms with Crippen LogP contribution in [0.25, 0.3) is 0 Å². The Hall–Kier alpha value is -0.820. The smallest absolute Gasteiger partial charge is 0.00957 e. The van der Waals surface area contributed by atoms with Gasteiger partial charge in [0.05, 0.1) is 0 Å². The molecule has 1 aliphatic carbocycles. The Kier molecular flexibility index (Phi) is 5.04. The fourth-order valence-corrected chi connectivity index (χ4v) is 3.83. The van der Waals surface area contributed by atoms with Gasteiger partial charge in [-0.15, -0.1) is 0 Å². The molecule has 1 fully saturated rings. The van der Waals surface area contributed by atoms with Gasteiger partial charge in [-0.3, -0.25) is 0 Å². The molecule has 0 heterocycles. The summed E-state index contributed by atoms with van der Waals surface area (Å²) >= 11 is 0. The van der Waals surface area contributed by atoms with Crippen molar-refractivity contribution >= 4 is 0 Å². The minimum atomic E-state index is 0.712. The molecule has 0 spiro atoms. The van der Waals surface area contributed by atoms with Crippen molar-refractivity contribution in [3.8, 4) is 0 Å². The summed E-state index contributed by atoms with van der Waals surface area (Å²) in [4.78, 5) is 0. The van der Waals surface area contributed by atoms with Crippen molar-refractivity contribution in [3.05, 3.63) is 34.9 Å². The van der Waals surface area contributed by atoms with Crippen LogP contribution in [0, 0.1) is 25.7 Å². The molecule has 19 heavy (non-hydrogen) atoms. The molecule has 0 bridgehead atoms. The van der Waals surface area contributed by atoms with Gasteiger partial charge < -0.3 is 5.32 Å². The summed E-state index contributed by atoms with van der Waals surface area (Å²) in [6.45, 7) is 6.77. The number of benzene rings is 1. The van der Waals surface area contributed by atoms with Crippen LogP contribution in [-0.2, 0) is 6.42 Å². The van der Waals surface area contributed by atoms with Crippen molar-refractivity contribution in [1.29, 1.82) is 0 Å². The van der Waals surface area contributed by atoms with E-state index in [0.29, 0.717) is 6.04 Å². The van der Waals surface area contributed by atoms with Gasteiger partial charge in [0, 0.05) is 6.04 Å². The van der Waals surface area contributed by atoms with Crippen LogP contribution in [0.1, 0.15) is 49.3 Å². The lowest BCUT2D eigenvalue weighted by Crippen LogP contribution is -2.39. The van der Waals surface area contributed by atoms with Crippen LogP contribution in [0.15, 0.2) is 18.2 Å². The Balaban J connectivity index is 2.09. The lowest BCUT2D eigenvalue weighted by atomic mass is 9.74. The highest BCUT2D eigenvalue weighted by atomic mass is 14.9.